The van der Waals surface area contributed by atoms with Crippen LogP contribution in [0.25, 0.3) is 10.9 Å². The third-order valence-electron chi connectivity index (χ3n) is 5.06. The normalized spacial score (nSPS) is 19.9. The quantitative estimate of drug-likeness (QED) is 0.785. The van der Waals surface area contributed by atoms with Crippen LogP contribution < -0.4 is 10.2 Å². The third kappa shape index (κ3) is 4.29. The molecule has 0 bridgehead atoms. The lowest BCUT2D eigenvalue weighted by atomic mass is 10.00. The minimum absolute atomic E-state index is 0.00802. The first kappa shape index (κ1) is 20.9. The highest BCUT2D eigenvalue weighted by Crippen LogP contribution is 2.37. The molecule has 1 aliphatic heterocycles. The van der Waals surface area contributed by atoms with Gasteiger partial charge in [0, 0.05) is 30.6 Å². The zero-order valence-corrected chi connectivity index (χ0v) is 17.3. The molecule has 2 N–H and O–H groups in total. The van der Waals surface area contributed by atoms with Crippen molar-refractivity contribution < 1.29 is 18.3 Å². The number of nitrogens with zero attached hydrogens (tertiary/aromatic N) is 2. The number of carbonyl (C=O) groups excluding carboxylic acids is 1. The van der Waals surface area contributed by atoms with Gasteiger partial charge in [-0.05, 0) is 46.2 Å². The number of amides is 1. The van der Waals surface area contributed by atoms with Crippen LogP contribution in [-0.2, 0) is 4.74 Å². The number of alkyl carbamates (subject to hydrolysis) is 1. The van der Waals surface area contributed by atoms with Gasteiger partial charge in [-0.3, -0.25) is 0 Å². The number of aromatic amines is 1. The van der Waals surface area contributed by atoms with Crippen molar-refractivity contribution in [2.45, 2.75) is 58.9 Å². The smallest absolute Gasteiger partial charge is 0.407 e. The van der Waals surface area contributed by atoms with Crippen molar-refractivity contribution in [3.05, 3.63) is 28.7 Å². The highest BCUT2D eigenvalue weighted by molar-refractivity contribution is 5.99. The fourth-order valence-corrected chi connectivity index (χ4v) is 3.80. The lowest BCUT2D eigenvalue weighted by Gasteiger charge is -2.37. The van der Waals surface area contributed by atoms with E-state index in [1.54, 1.807) is 25.7 Å². The van der Waals surface area contributed by atoms with E-state index in [2.05, 4.69) is 10.3 Å². The van der Waals surface area contributed by atoms with Crippen LogP contribution in [-0.4, -0.2) is 42.0 Å². The first-order valence-corrected chi connectivity index (χ1v) is 9.60. The minimum atomic E-state index is -1.24. The molecule has 0 unspecified atom stereocenters. The summed E-state index contributed by atoms with van der Waals surface area (Å²) in [5.74, 6) is -0.582. The topological polar surface area (TPSA) is 81.2 Å². The number of piperidine rings is 1. The summed E-state index contributed by atoms with van der Waals surface area (Å²) in [5, 5.41) is 12.6. The molecular formula is C21H26F2N4O2. The number of ether oxygens (including phenoxy) is 1. The van der Waals surface area contributed by atoms with E-state index >= 15 is 4.39 Å². The number of aromatic nitrogens is 1. The molecule has 2 heterocycles. The van der Waals surface area contributed by atoms with Gasteiger partial charge in [-0.1, -0.05) is 0 Å². The Morgan fingerprint density at radius 3 is 2.69 bits per heavy atom. The van der Waals surface area contributed by atoms with Crippen LogP contribution in [0.2, 0.25) is 0 Å². The maximum absolute atomic E-state index is 15.0. The Morgan fingerprint density at radius 2 is 2.07 bits per heavy atom. The van der Waals surface area contributed by atoms with Crippen molar-refractivity contribution in [3.63, 3.8) is 0 Å². The Morgan fingerprint density at radius 1 is 1.38 bits per heavy atom. The monoisotopic (exact) mass is 404 g/mol. The number of carbonyl (C=O) groups is 1. The van der Waals surface area contributed by atoms with E-state index in [0.29, 0.717) is 10.9 Å². The predicted octanol–water partition coefficient (Wildman–Crippen LogP) is 4.24. The molecule has 3 rings (SSSR count). The molecule has 1 saturated heterocycles. The number of nitriles is 1. The Kier molecular flexibility index (Phi) is 5.44. The minimum Gasteiger partial charge on any atom is -0.444 e. The molecule has 1 aromatic heterocycles. The van der Waals surface area contributed by atoms with Gasteiger partial charge in [0.05, 0.1) is 22.8 Å². The summed E-state index contributed by atoms with van der Waals surface area (Å²) in [7, 11) is 0. The number of fused-ring (bicyclic) bond motifs is 1. The summed E-state index contributed by atoms with van der Waals surface area (Å²) < 4.78 is 34.8. The highest BCUT2D eigenvalue weighted by Gasteiger charge is 2.32. The lowest BCUT2D eigenvalue weighted by molar-refractivity contribution is 0.0491. The maximum Gasteiger partial charge on any atom is 0.407 e. The van der Waals surface area contributed by atoms with Crippen LogP contribution in [0.4, 0.5) is 19.3 Å². The molecule has 0 radical (unpaired) electrons. The van der Waals surface area contributed by atoms with E-state index in [-0.39, 0.29) is 30.8 Å². The van der Waals surface area contributed by atoms with Crippen molar-refractivity contribution in [2.75, 3.05) is 18.0 Å². The molecule has 1 fully saturated rings. The van der Waals surface area contributed by atoms with Gasteiger partial charge in [0.2, 0.25) is 0 Å². The second-order valence-corrected chi connectivity index (χ2v) is 8.57. The molecule has 2 aromatic rings. The molecule has 2 atom stereocenters. The molecule has 6 nitrogen and oxygen atoms in total. The summed E-state index contributed by atoms with van der Waals surface area (Å²) in [4.78, 5) is 16.8. The number of halogens is 2. The van der Waals surface area contributed by atoms with Crippen LogP contribution in [0.1, 0.15) is 44.0 Å². The van der Waals surface area contributed by atoms with E-state index in [4.69, 9.17) is 4.74 Å². The van der Waals surface area contributed by atoms with Crippen LogP contribution >= 0.6 is 0 Å². The van der Waals surface area contributed by atoms with Crippen molar-refractivity contribution in [2.24, 2.45) is 0 Å². The summed E-state index contributed by atoms with van der Waals surface area (Å²) in [6.07, 6.45) is -1.74. The first-order valence-electron chi connectivity index (χ1n) is 9.60. The third-order valence-corrected chi connectivity index (χ3v) is 5.06. The van der Waals surface area contributed by atoms with E-state index < -0.39 is 29.7 Å². The van der Waals surface area contributed by atoms with Crippen LogP contribution in [0.5, 0.6) is 0 Å². The predicted molar refractivity (Wildman–Crippen MR) is 107 cm³/mol. The van der Waals surface area contributed by atoms with Gasteiger partial charge in [-0.2, -0.15) is 5.26 Å². The van der Waals surface area contributed by atoms with Gasteiger partial charge in [-0.15, -0.1) is 0 Å². The maximum atomic E-state index is 15.0. The molecule has 1 aliphatic rings. The van der Waals surface area contributed by atoms with Gasteiger partial charge in [-0.25, -0.2) is 13.6 Å². The highest BCUT2D eigenvalue weighted by atomic mass is 19.1. The average Bonchev–Trinajstić information content (AvgIpc) is 2.87. The van der Waals surface area contributed by atoms with Gasteiger partial charge < -0.3 is 19.9 Å². The molecule has 0 spiro atoms. The standard InChI is InChI=1S/C21H26F2N4O2/c1-11-12(2)25-18-13(8-24)6-16(23)19(17(11)18)27-9-14(22)7-15(10-27)26-20(28)29-21(3,4)5/h6,14-15,25H,7,9-10H2,1-5H3,(H,26,28)/t14-,15+/m1/s1. The zero-order valence-electron chi connectivity index (χ0n) is 17.3. The molecular weight excluding hydrogens is 378 g/mol. The zero-order chi connectivity index (χ0) is 21.5. The van der Waals surface area contributed by atoms with Crippen LogP contribution in [0, 0.1) is 31.0 Å². The molecule has 0 aliphatic carbocycles. The lowest BCUT2D eigenvalue weighted by Crippen LogP contribution is -2.52. The van der Waals surface area contributed by atoms with Gasteiger partial charge in [0.25, 0.3) is 0 Å². The molecule has 156 valence electrons. The Hall–Kier alpha value is -2.82. The van der Waals surface area contributed by atoms with Crippen molar-refractivity contribution in [3.8, 4) is 6.07 Å². The molecule has 29 heavy (non-hydrogen) atoms. The van der Waals surface area contributed by atoms with E-state index in [9.17, 15) is 14.4 Å². The SMILES string of the molecule is Cc1[nH]c2c(C#N)cc(F)c(N3C[C@H](F)C[C@H](NC(=O)OC(C)(C)C)C3)c2c1C. The van der Waals surface area contributed by atoms with E-state index in [0.717, 1.165) is 11.3 Å². The van der Waals surface area contributed by atoms with E-state index in [1.165, 1.54) is 6.07 Å². The fraction of sp³-hybridized carbons (Fsp3) is 0.524. The van der Waals surface area contributed by atoms with Gasteiger partial charge in [0.1, 0.15) is 23.7 Å². The number of nitrogens with one attached hydrogen (secondary N) is 2. The number of alkyl halides is 1. The van der Waals surface area contributed by atoms with Crippen LogP contribution in [0.15, 0.2) is 6.07 Å². The number of H-pyrrole nitrogens is 1. The summed E-state index contributed by atoms with van der Waals surface area (Å²) in [5.41, 5.74) is 1.95. The molecule has 8 heteroatoms. The number of benzene rings is 1. The molecule has 1 amide bonds. The van der Waals surface area contributed by atoms with Gasteiger partial charge in [0.15, 0.2) is 0 Å². The number of rotatable bonds is 2. The fourth-order valence-electron chi connectivity index (χ4n) is 3.80. The van der Waals surface area contributed by atoms with E-state index in [1.807, 2.05) is 19.9 Å². The average molecular weight is 404 g/mol. The number of aryl methyl sites for hydroxylation is 2. The summed E-state index contributed by atoms with van der Waals surface area (Å²) in [6.45, 7) is 9.17. The van der Waals surface area contributed by atoms with Crippen molar-refractivity contribution in [1.82, 2.24) is 10.3 Å². The van der Waals surface area contributed by atoms with Crippen molar-refractivity contribution in [1.29, 1.82) is 5.26 Å². The Labute approximate surface area is 168 Å². The van der Waals surface area contributed by atoms with Gasteiger partial charge >= 0.3 is 6.09 Å². The number of hydrogen-bond acceptors (Lipinski definition) is 4. The molecule has 1 aromatic carbocycles. The Balaban J connectivity index is 1.96. The number of hydrogen-bond donors (Lipinski definition) is 2. The first-order chi connectivity index (χ1) is 13.5. The summed E-state index contributed by atoms with van der Waals surface area (Å²) in [6, 6.07) is 2.65. The van der Waals surface area contributed by atoms with Crippen LogP contribution in [0.3, 0.4) is 0 Å². The second kappa shape index (κ2) is 7.54. The molecule has 0 saturated carbocycles. The largest absolute Gasteiger partial charge is 0.444 e. The summed E-state index contributed by atoms with van der Waals surface area (Å²) >= 11 is 0. The van der Waals surface area contributed by atoms with Crippen molar-refractivity contribution >= 4 is 22.7 Å². The second-order valence-electron chi connectivity index (χ2n) is 8.57. The number of anilines is 1. The Bertz CT molecular complexity index is 987.